The molecule has 0 spiro atoms. The van der Waals surface area contributed by atoms with Crippen molar-refractivity contribution in [1.29, 1.82) is 0 Å². The van der Waals surface area contributed by atoms with Gasteiger partial charge in [0.2, 0.25) is 0 Å². The van der Waals surface area contributed by atoms with Crippen LogP contribution in [0.5, 0.6) is 0 Å². The first-order chi connectivity index (χ1) is 9.99. The van der Waals surface area contributed by atoms with Crippen molar-refractivity contribution in [1.82, 2.24) is 15.1 Å². The molecule has 21 heavy (non-hydrogen) atoms. The first-order valence-electron chi connectivity index (χ1n) is 6.72. The van der Waals surface area contributed by atoms with E-state index in [2.05, 4.69) is 10.4 Å². The number of aliphatic hydroxyl groups excluding tert-OH is 1. The lowest BCUT2D eigenvalue weighted by atomic mass is 10.2. The number of rotatable bonds is 8. The van der Waals surface area contributed by atoms with Crippen LogP contribution >= 0.6 is 0 Å². The normalized spacial score (nSPS) is 11.9. The molecule has 0 radical (unpaired) electrons. The Labute approximate surface area is 121 Å². The van der Waals surface area contributed by atoms with Crippen LogP contribution in [0.3, 0.4) is 0 Å². The fourth-order valence-electron chi connectivity index (χ4n) is 1.66. The molecular formula is C13H19N3O5. The molecule has 0 aliphatic carbocycles. The molecule has 0 aliphatic heterocycles. The van der Waals surface area contributed by atoms with Crippen LogP contribution in [0.4, 0.5) is 0 Å². The van der Waals surface area contributed by atoms with Crippen molar-refractivity contribution in [2.45, 2.75) is 38.8 Å². The molecular weight excluding hydrogens is 278 g/mol. The monoisotopic (exact) mass is 297 g/mol. The van der Waals surface area contributed by atoms with Gasteiger partial charge in [0.05, 0.1) is 0 Å². The summed E-state index contributed by atoms with van der Waals surface area (Å²) >= 11 is 0. The second-order valence-corrected chi connectivity index (χ2v) is 4.51. The molecule has 1 aromatic rings. The number of nitrogens with one attached hydrogen (secondary N) is 1. The Bertz CT molecular complexity index is 555. The lowest BCUT2D eigenvalue weighted by Crippen LogP contribution is -2.42. The van der Waals surface area contributed by atoms with Gasteiger partial charge in [-0.3, -0.25) is 9.59 Å². The number of aromatic nitrogens is 2. The van der Waals surface area contributed by atoms with Crippen molar-refractivity contribution in [3.8, 4) is 0 Å². The van der Waals surface area contributed by atoms with Gasteiger partial charge in [-0.15, -0.1) is 0 Å². The zero-order valence-electron chi connectivity index (χ0n) is 11.8. The summed E-state index contributed by atoms with van der Waals surface area (Å²) in [4.78, 5) is 34.4. The number of carbonyl (C=O) groups excluding carboxylic acids is 1. The minimum Gasteiger partial charge on any atom is -0.480 e. The predicted octanol–water partition coefficient (Wildman–Crippen LogP) is -0.391. The molecule has 116 valence electrons. The maximum Gasteiger partial charge on any atom is 0.326 e. The van der Waals surface area contributed by atoms with E-state index in [1.807, 2.05) is 6.92 Å². The van der Waals surface area contributed by atoms with Crippen LogP contribution in [0.25, 0.3) is 0 Å². The zero-order valence-corrected chi connectivity index (χ0v) is 11.8. The van der Waals surface area contributed by atoms with Crippen molar-refractivity contribution in [2.75, 3.05) is 6.61 Å². The average molecular weight is 297 g/mol. The van der Waals surface area contributed by atoms with Gasteiger partial charge < -0.3 is 15.5 Å². The third kappa shape index (κ3) is 4.99. The van der Waals surface area contributed by atoms with Crippen molar-refractivity contribution in [2.24, 2.45) is 0 Å². The molecule has 8 nitrogen and oxygen atoms in total. The van der Waals surface area contributed by atoms with Crippen molar-refractivity contribution >= 4 is 11.9 Å². The van der Waals surface area contributed by atoms with Crippen molar-refractivity contribution in [3.63, 3.8) is 0 Å². The molecule has 0 fully saturated rings. The van der Waals surface area contributed by atoms with Crippen LogP contribution in [0.2, 0.25) is 0 Å². The van der Waals surface area contributed by atoms with Gasteiger partial charge in [-0.1, -0.05) is 13.3 Å². The highest BCUT2D eigenvalue weighted by Gasteiger charge is 2.21. The Morgan fingerprint density at radius 3 is 2.71 bits per heavy atom. The quantitative estimate of drug-likeness (QED) is 0.600. The van der Waals surface area contributed by atoms with E-state index in [4.69, 9.17) is 10.2 Å². The number of carboxylic acid groups (broad SMARTS) is 1. The second-order valence-electron chi connectivity index (χ2n) is 4.51. The lowest BCUT2D eigenvalue weighted by Gasteiger charge is -2.13. The molecule has 1 aromatic heterocycles. The Kier molecular flexibility index (Phi) is 6.54. The first kappa shape index (κ1) is 16.8. The highest BCUT2D eigenvalue weighted by atomic mass is 16.4. The van der Waals surface area contributed by atoms with E-state index >= 15 is 0 Å². The minimum absolute atomic E-state index is 0.0325. The van der Waals surface area contributed by atoms with E-state index in [0.29, 0.717) is 6.54 Å². The highest BCUT2D eigenvalue weighted by Crippen LogP contribution is 1.98. The number of aryl methyl sites for hydroxylation is 1. The largest absolute Gasteiger partial charge is 0.480 e. The van der Waals surface area contributed by atoms with Crippen LogP contribution in [-0.2, 0) is 11.3 Å². The fourth-order valence-corrected chi connectivity index (χ4v) is 1.66. The summed E-state index contributed by atoms with van der Waals surface area (Å²) in [6.07, 6.45) is 1.53. The fraction of sp³-hybridized carbons (Fsp3) is 0.538. The van der Waals surface area contributed by atoms with Gasteiger partial charge in [-0.2, -0.15) is 5.10 Å². The third-order valence-electron chi connectivity index (χ3n) is 2.84. The van der Waals surface area contributed by atoms with E-state index < -0.39 is 17.9 Å². The molecule has 0 unspecified atom stereocenters. The second kappa shape index (κ2) is 8.15. The summed E-state index contributed by atoms with van der Waals surface area (Å²) in [5.74, 6) is -1.93. The van der Waals surface area contributed by atoms with Crippen molar-refractivity contribution in [3.05, 3.63) is 28.2 Å². The topological polar surface area (TPSA) is 122 Å². The molecule has 0 saturated heterocycles. The summed E-state index contributed by atoms with van der Waals surface area (Å²) in [7, 11) is 0. The molecule has 0 aromatic carbocycles. The number of nitrogens with zero attached hydrogens (tertiary/aromatic N) is 2. The summed E-state index contributed by atoms with van der Waals surface area (Å²) in [5.41, 5.74) is -0.347. The lowest BCUT2D eigenvalue weighted by molar-refractivity contribution is -0.139. The van der Waals surface area contributed by atoms with Crippen LogP contribution < -0.4 is 10.9 Å². The number of hydrogen-bond acceptors (Lipinski definition) is 5. The number of carbonyl (C=O) groups is 2. The summed E-state index contributed by atoms with van der Waals surface area (Å²) in [6, 6.07) is 1.28. The smallest absolute Gasteiger partial charge is 0.326 e. The van der Waals surface area contributed by atoms with Crippen LogP contribution in [0, 0.1) is 0 Å². The number of carboxylic acids is 1. The molecule has 0 aliphatic rings. The number of aliphatic hydroxyl groups is 1. The van der Waals surface area contributed by atoms with Crippen LogP contribution in [-0.4, -0.2) is 44.5 Å². The van der Waals surface area contributed by atoms with Gasteiger partial charge >= 0.3 is 5.97 Å². The van der Waals surface area contributed by atoms with Gasteiger partial charge in [-0.25, -0.2) is 9.48 Å². The van der Waals surface area contributed by atoms with Gasteiger partial charge in [0, 0.05) is 25.6 Å². The molecule has 0 saturated carbocycles. The first-order valence-corrected chi connectivity index (χ1v) is 6.72. The van der Waals surface area contributed by atoms with E-state index in [-0.39, 0.29) is 24.3 Å². The Balaban J connectivity index is 2.86. The molecule has 1 atom stereocenters. The Morgan fingerprint density at radius 1 is 1.43 bits per heavy atom. The Morgan fingerprint density at radius 2 is 2.14 bits per heavy atom. The zero-order chi connectivity index (χ0) is 15.8. The molecule has 1 rings (SSSR count). The number of amides is 1. The standard InChI is InChI=1S/C13H19N3O5/c1-2-3-7-16-11(18)5-4-9(15-16)12(19)14-10(6-8-17)13(20)21/h4-5,10,17H,2-3,6-8H2,1H3,(H,14,19)(H,20,21)/t10-/m0/s1. The molecule has 8 heteroatoms. The average Bonchev–Trinajstić information content (AvgIpc) is 2.45. The van der Waals surface area contributed by atoms with E-state index in [1.165, 1.54) is 16.8 Å². The highest BCUT2D eigenvalue weighted by molar-refractivity contribution is 5.94. The number of unbranched alkanes of at least 4 members (excludes halogenated alkanes) is 1. The minimum atomic E-state index is -1.24. The summed E-state index contributed by atoms with van der Waals surface area (Å²) in [6.45, 7) is 2.00. The van der Waals surface area contributed by atoms with Crippen molar-refractivity contribution < 1.29 is 19.8 Å². The Hall–Kier alpha value is -2.22. The van der Waals surface area contributed by atoms with Gasteiger partial charge in [0.1, 0.15) is 11.7 Å². The summed E-state index contributed by atoms with van der Waals surface area (Å²) in [5, 5.41) is 23.9. The van der Waals surface area contributed by atoms with Gasteiger partial charge in [-0.05, 0) is 12.5 Å². The maximum absolute atomic E-state index is 11.9. The number of hydrogen-bond donors (Lipinski definition) is 3. The van der Waals surface area contributed by atoms with E-state index in [1.54, 1.807) is 0 Å². The molecule has 1 amide bonds. The third-order valence-corrected chi connectivity index (χ3v) is 2.84. The molecule has 0 bridgehead atoms. The van der Waals surface area contributed by atoms with Gasteiger partial charge in [0.15, 0.2) is 0 Å². The van der Waals surface area contributed by atoms with Crippen LogP contribution in [0.1, 0.15) is 36.7 Å². The summed E-state index contributed by atoms with van der Waals surface area (Å²) < 4.78 is 1.18. The molecule has 3 N–H and O–H groups in total. The SMILES string of the molecule is CCCCn1nc(C(=O)N[C@@H](CCO)C(=O)O)ccc1=O. The number of aliphatic carboxylic acids is 1. The van der Waals surface area contributed by atoms with E-state index in [9.17, 15) is 14.4 Å². The maximum atomic E-state index is 11.9. The van der Waals surface area contributed by atoms with Crippen LogP contribution in [0.15, 0.2) is 16.9 Å². The molecule has 1 heterocycles. The predicted molar refractivity (Wildman–Crippen MR) is 74.0 cm³/mol. The van der Waals surface area contributed by atoms with Gasteiger partial charge in [0.25, 0.3) is 11.5 Å². The van der Waals surface area contributed by atoms with E-state index in [0.717, 1.165) is 12.8 Å².